The number of hydrogen-bond acceptors (Lipinski definition) is 4. The number of ether oxygens (including phenoxy) is 1. The Morgan fingerprint density at radius 3 is 2.42 bits per heavy atom. The van der Waals surface area contributed by atoms with Gasteiger partial charge in [0, 0.05) is 25.2 Å². The molecule has 6 nitrogen and oxygen atoms in total. The Kier molecular flexibility index (Phi) is 3.99. The molecule has 1 fully saturated rings. The first kappa shape index (κ1) is 13.3. The lowest BCUT2D eigenvalue weighted by Crippen LogP contribution is -2.38. The summed E-state index contributed by atoms with van der Waals surface area (Å²) < 4.78 is 5.51. The zero-order valence-corrected chi connectivity index (χ0v) is 10.7. The van der Waals surface area contributed by atoms with Gasteiger partial charge in [-0.25, -0.2) is 0 Å². The maximum Gasteiger partial charge on any atom is 0.269 e. The highest BCUT2D eigenvalue weighted by Crippen LogP contribution is 2.19. The van der Waals surface area contributed by atoms with Crippen molar-refractivity contribution in [2.24, 2.45) is 0 Å². The van der Waals surface area contributed by atoms with E-state index in [1.807, 2.05) is 0 Å². The van der Waals surface area contributed by atoms with E-state index in [2.05, 4.69) is 0 Å². The number of nitrogens with zero attached hydrogens (tertiary/aromatic N) is 2. The lowest BCUT2D eigenvalue weighted by molar-refractivity contribution is -0.384. The van der Waals surface area contributed by atoms with Crippen molar-refractivity contribution in [1.82, 2.24) is 4.90 Å². The third-order valence-electron chi connectivity index (χ3n) is 3.13. The van der Waals surface area contributed by atoms with Crippen LogP contribution in [0.15, 0.2) is 24.3 Å². The Bertz CT molecular complexity index is 466. The maximum absolute atomic E-state index is 12.0. The first-order chi connectivity index (χ1) is 9.08. The van der Waals surface area contributed by atoms with Crippen LogP contribution in [0.4, 0.5) is 5.69 Å². The van der Waals surface area contributed by atoms with Gasteiger partial charge in [0.15, 0.2) is 6.10 Å². The van der Waals surface area contributed by atoms with Crippen molar-refractivity contribution in [3.05, 3.63) is 34.4 Å². The van der Waals surface area contributed by atoms with Crippen LogP contribution in [0.2, 0.25) is 0 Å². The number of carbonyl (C=O) groups excluding carboxylic acids is 1. The van der Waals surface area contributed by atoms with E-state index >= 15 is 0 Å². The van der Waals surface area contributed by atoms with Crippen LogP contribution >= 0.6 is 0 Å². The summed E-state index contributed by atoms with van der Waals surface area (Å²) in [6.07, 6.45) is 1.51. The molecule has 0 spiro atoms. The van der Waals surface area contributed by atoms with Crippen molar-refractivity contribution in [2.75, 3.05) is 13.1 Å². The van der Waals surface area contributed by atoms with Crippen LogP contribution in [0.3, 0.4) is 0 Å². The number of non-ortho nitro benzene ring substituents is 1. The smallest absolute Gasteiger partial charge is 0.269 e. The second-order valence-electron chi connectivity index (χ2n) is 4.54. The molecule has 2 rings (SSSR count). The van der Waals surface area contributed by atoms with Gasteiger partial charge in [0.05, 0.1) is 4.92 Å². The number of benzene rings is 1. The molecule has 1 aromatic rings. The summed E-state index contributed by atoms with van der Waals surface area (Å²) in [4.78, 5) is 23.9. The van der Waals surface area contributed by atoms with Gasteiger partial charge in [0.2, 0.25) is 0 Å². The standard InChI is InChI=1S/C13H16N2O4/c1-10(13(16)14-8-2-3-9-14)19-12-6-4-11(5-7-12)15(17)18/h4-7,10H,2-3,8-9H2,1H3/t10-/m0/s1. The summed E-state index contributed by atoms with van der Waals surface area (Å²) in [6.45, 7) is 3.27. The zero-order chi connectivity index (χ0) is 13.8. The molecule has 0 radical (unpaired) electrons. The molecule has 1 atom stereocenters. The van der Waals surface area contributed by atoms with Crippen molar-refractivity contribution in [3.63, 3.8) is 0 Å². The van der Waals surface area contributed by atoms with Crippen LogP contribution in [0.1, 0.15) is 19.8 Å². The van der Waals surface area contributed by atoms with Gasteiger partial charge < -0.3 is 9.64 Å². The van der Waals surface area contributed by atoms with Crippen LogP contribution in [0.25, 0.3) is 0 Å². The van der Waals surface area contributed by atoms with Crippen LogP contribution in [0, 0.1) is 10.1 Å². The van der Waals surface area contributed by atoms with E-state index in [4.69, 9.17) is 4.74 Å². The van der Waals surface area contributed by atoms with E-state index in [0.717, 1.165) is 25.9 Å². The molecule has 1 aromatic carbocycles. The van der Waals surface area contributed by atoms with E-state index in [1.165, 1.54) is 24.3 Å². The highest BCUT2D eigenvalue weighted by Gasteiger charge is 2.24. The maximum atomic E-state index is 12.0. The van der Waals surface area contributed by atoms with Gasteiger partial charge >= 0.3 is 0 Å². The van der Waals surface area contributed by atoms with Crippen molar-refractivity contribution in [3.8, 4) is 5.75 Å². The minimum absolute atomic E-state index is 0.00544. The van der Waals surface area contributed by atoms with E-state index in [1.54, 1.807) is 11.8 Å². The third-order valence-corrected chi connectivity index (χ3v) is 3.13. The molecular formula is C13H16N2O4. The number of nitro benzene ring substituents is 1. The van der Waals surface area contributed by atoms with Crippen LogP contribution in [-0.4, -0.2) is 34.9 Å². The van der Waals surface area contributed by atoms with Crippen molar-refractivity contribution < 1.29 is 14.5 Å². The van der Waals surface area contributed by atoms with E-state index in [-0.39, 0.29) is 11.6 Å². The second kappa shape index (κ2) is 5.69. The number of nitro groups is 1. The van der Waals surface area contributed by atoms with Crippen LogP contribution in [0.5, 0.6) is 5.75 Å². The summed E-state index contributed by atoms with van der Waals surface area (Å²) >= 11 is 0. The summed E-state index contributed by atoms with van der Waals surface area (Å²) in [6, 6.07) is 5.74. The number of hydrogen-bond donors (Lipinski definition) is 0. The first-order valence-corrected chi connectivity index (χ1v) is 6.28. The summed E-state index contributed by atoms with van der Waals surface area (Å²) in [5.41, 5.74) is 0.00544. The van der Waals surface area contributed by atoms with Gasteiger partial charge in [-0.1, -0.05) is 0 Å². The van der Waals surface area contributed by atoms with E-state index < -0.39 is 11.0 Å². The van der Waals surface area contributed by atoms with Crippen molar-refractivity contribution in [1.29, 1.82) is 0 Å². The molecule has 0 aliphatic carbocycles. The Balaban J connectivity index is 1.96. The minimum atomic E-state index is -0.570. The lowest BCUT2D eigenvalue weighted by Gasteiger charge is -2.21. The lowest BCUT2D eigenvalue weighted by atomic mass is 10.3. The molecule has 0 saturated carbocycles. The highest BCUT2D eigenvalue weighted by atomic mass is 16.6. The van der Waals surface area contributed by atoms with E-state index in [9.17, 15) is 14.9 Å². The van der Waals surface area contributed by atoms with E-state index in [0.29, 0.717) is 5.75 Å². The Hall–Kier alpha value is -2.11. The SMILES string of the molecule is C[C@H](Oc1ccc([N+](=O)[O-])cc1)C(=O)N1CCCC1. The molecule has 1 saturated heterocycles. The quantitative estimate of drug-likeness (QED) is 0.615. The van der Waals surface area contributed by atoms with Gasteiger partial charge in [-0.3, -0.25) is 14.9 Å². The molecule has 102 valence electrons. The fraction of sp³-hybridized carbons (Fsp3) is 0.462. The predicted molar refractivity (Wildman–Crippen MR) is 69.0 cm³/mol. The average molecular weight is 264 g/mol. The Morgan fingerprint density at radius 2 is 1.89 bits per heavy atom. The van der Waals surface area contributed by atoms with Gasteiger partial charge in [0.25, 0.3) is 11.6 Å². The molecule has 0 unspecified atom stereocenters. The molecule has 19 heavy (non-hydrogen) atoms. The largest absolute Gasteiger partial charge is 0.481 e. The molecular weight excluding hydrogens is 248 g/mol. The van der Waals surface area contributed by atoms with Gasteiger partial charge in [-0.05, 0) is 31.9 Å². The fourth-order valence-electron chi connectivity index (χ4n) is 2.10. The minimum Gasteiger partial charge on any atom is -0.481 e. The number of likely N-dealkylation sites (tertiary alicyclic amines) is 1. The number of amides is 1. The first-order valence-electron chi connectivity index (χ1n) is 6.28. The van der Waals surface area contributed by atoms with Crippen molar-refractivity contribution in [2.45, 2.75) is 25.9 Å². The average Bonchev–Trinajstić information content (AvgIpc) is 2.92. The van der Waals surface area contributed by atoms with Gasteiger partial charge in [-0.15, -0.1) is 0 Å². The summed E-state index contributed by atoms with van der Waals surface area (Å²) in [5.74, 6) is 0.432. The number of carbonyl (C=O) groups is 1. The summed E-state index contributed by atoms with van der Waals surface area (Å²) in [7, 11) is 0. The molecule has 1 amide bonds. The zero-order valence-electron chi connectivity index (χ0n) is 10.7. The molecule has 0 aromatic heterocycles. The third kappa shape index (κ3) is 3.21. The normalized spacial score (nSPS) is 16.2. The summed E-state index contributed by atoms with van der Waals surface area (Å²) in [5, 5.41) is 10.5. The second-order valence-corrected chi connectivity index (χ2v) is 4.54. The molecule has 0 bridgehead atoms. The monoisotopic (exact) mass is 264 g/mol. The molecule has 1 heterocycles. The fourth-order valence-corrected chi connectivity index (χ4v) is 2.10. The molecule has 0 N–H and O–H groups in total. The predicted octanol–water partition coefficient (Wildman–Crippen LogP) is 1.98. The van der Waals surface area contributed by atoms with Gasteiger partial charge in [-0.2, -0.15) is 0 Å². The molecule has 1 aliphatic heterocycles. The Morgan fingerprint density at radius 1 is 1.32 bits per heavy atom. The van der Waals surface area contributed by atoms with Gasteiger partial charge in [0.1, 0.15) is 5.75 Å². The van der Waals surface area contributed by atoms with Crippen LogP contribution < -0.4 is 4.74 Å². The molecule has 1 aliphatic rings. The molecule has 6 heteroatoms. The number of rotatable bonds is 4. The topological polar surface area (TPSA) is 72.7 Å². The van der Waals surface area contributed by atoms with Crippen LogP contribution in [-0.2, 0) is 4.79 Å². The Labute approximate surface area is 111 Å². The van der Waals surface area contributed by atoms with Crippen molar-refractivity contribution >= 4 is 11.6 Å². The highest BCUT2D eigenvalue weighted by molar-refractivity contribution is 5.81.